The van der Waals surface area contributed by atoms with Crippen molar-refractivity contribution < 1.29 is 0 Å². The van der Waals surface area contributed by atoms with Gasteiger partial charge in [0.25, 0.3) is 0 Å². The average Bonchev–Trinajstić information content (AvgIpc) is 2.99. The summed E-state index contributed by atoms with van der Waals surface area (Å²) in [6.45, 7) is 4.36. The number of halogens is 1. The number of nitrogens with zero attached hydrogens (tertiary/aromatic N) is 4. The van der Waals surface area contributed by atoms with Crippen LogP contribution in [0.5, 0.6) is 0 Å². The molecule has 0 spiro atoms. The van der Waals surface area contributed by atoms with E-state index in [4.69, 9.17) is 5.10 Å². The van der Waals surface area contributed by atoms with Gasteiger partial charge in [-0.05, 0) is 79.6 Å². The van der Waals surface area contributed by atoms with E-state index in [0.29, 0.717) is 0 Å². The molecule has 0 radical (unpaired) electrons. The van der Waals surface area contributed by atoms with E-state index in [9.17, 15) is 0 Å². The normalized spacial score (nSPS) is 13.3. The molecule has 4 nitrogen and oxygen atoms in total. The molecule has 2 heterocycles. The van der Waals surface area contributed by atoms with Crippen molar-refractivity contribution in [2.45, 2.75) is 33.1 Å². The Balaban J connectivity index is 1.76. The van der Waals surface area contributed by atoms with Crippen LogP contribution in [0.15, 0.2) is 46.9 Å². The molecule has 5 rings (SSSR count). The lowest BCUT2D eigenvalue weighted by molar-refractivity contribution is 0.827. The summed E-state index contributed by atoms with van der Waals surface area (Å²) < 4.78 is 2.92. The van der Waals surface area contributed by atoms with E-state index >= 15 is 0 Å². The second-order valence-corrected chi connectivity index (χ2v) is 8.18. The zero-order chi connectivity index (χ0) is 18.5. The zero-order valence-electron chi connectivity index (χ0n) is 15.3. The lowest BCUT2D eigenvalue weighted by atomic mass is 9.96. The highest BCUT2D eigenvalue weighted by atomic mass is 79.9. The van der Waals surface area contributed by atoms with Crippen LogP contribution >= 0.6 is 15.9 Å². The van der Waals surface area contributed by atoms with Crippen LogP contribution in [0.3, 0.4) is 0 Å². The topological polar surface area (TPSA) is 43.1 Å². The average molecular weight is 419 g/mol. The Hall–Kier alpha value is -2.53. The Kier molecular flexibility index (Phi) is 3.86. The summed E-state index contributed by atoms with van der Waals surface area (Å²) in [6.07, 6.45) is 3.24. The summed E-state index contributed by atoms with van der Waals surface area (Å²) in [5.74, 6) is 0.773. The Bertz CT molecular complexity index is 1180. The molecule has 0 bridgehead atoms. The third kappa shape index (κ3) is 2.77. The predicted octanol–water partition coefficient (Wildman–Crippen LogP) is 5.33. The molecule has 27 heavy (non-hydrogen) atoms. The first-order valence-corrected chi connectivity index (χ1v) is 10.0. The van der Waals surface area contributed by atoms with Crippen molar-refractivity contribution in [1.82, 2.24) is 19.8 Å². The molecule has 2 aromatic carbocycles. The van der Waals surface area contributed by atoms with E-state index in [1.54, 1.807) is 0 Å². The Morgan fingerprint density at radius 1 is 0.889 bits per heavy atom. The van der Waals surface area contributed by atoms with Crippen LogP contribution in [0.25, 0.3) is 28.3 Å². The first-order chi connectivity index (χ1) is 13.1. The van der Waals surface area contributed by atoms with Crippen LogP contribution < -0.4 is 0 Å². The maximum Gasteiger partial charge on any atom is 0.185 e. The van der Waals surface area contributed by atoms with Gasteiger partial charge in [-0.1, -0.05) is 34.1 Å². The number of benzene rings is 2. The molecule has 5 heteroatoms. The van der Waals surface area contributed by atoms with Gasteiger partial charge in [-0.3, -0.25) is 0 Å². The third-order valence-corrected chi connectivity index (χ3v) is 5.97. The maximum atomic E-state index is 5.03. The van der Waals surface area contributed by atoms with Gasteiger partial charge in [0, 0.05) is 15.6 Å². The lowest BCUT2D eigenvalue weighted by Gasteiger charge is -2.12. The van der Waals surface area contributed by atoms with Crippen LogP contribution in [0.2, 0.25) is 0 Å². The molecule has 0 saturated carbocycles. The minimum atomic E-state index is 0.773. The molecule has 0 aliphatic heterocycles. The van der Waals surface area contributed by atoms with E-state index in [1.807, 2.05) is 28.8 Å². The van der Waals surface area contributed by atoms with Gasteiger partial charge in [-0.25, -0.2) is 0 Å². The van der Waals surface area contributed by atoms with Gasteiger partial charge < -0.3 is 0 Å². The summed E-state index contributed by atoms with van der Waals surface area (Å²) in [7, 11) is 0. The number of aromatic nitrogens is 4. The second kappa shape index (κ2) is 6.27. The van der Waals surface area contributed by atoms with Crippen LogP contribution in [-0.2, 0) is 12.8 Å². The molecule has 1 aliphatic rings. The van der Waals surface area contributed by atoms with Crippen molar-refractivity contribution >= 4 is 21.6 Å². The van der Waals surface area contributed by atoms with Crippen LogP contribution in [0.1, 0.15) is 28.7 Å². The fraction of sp³-hybridized carbons (Fsp3) is 0.227. The van der Waals surface area contributed by atoms with E-state index in [-0.39, 0.29) is 0 Å². The van der Waals surface area contributed by atoms with E-state index in [2.05, 4.69) is 58.2 Å². The fourth-order valence-corrected chi connectivity index (χ4v) is 4.10. The number of hydrogen-bond acceptors (Lipinski definition) is 3. The predicted molar refractivity (Wildman–Crippen MR) is 111 cm³/mol. The van der Waals surface area contributed by atoms with E-state index in [0.717, 1.165) is 46.5 Å². The van der Waals surface area contributed by atoms with Gasteiger partial charge in [0.1, 0.15) is 0 Å². The zero-order valence-corrected chi connectivity index (χ0v) is 16.9. The van der Waals surface area contributed by atoms with Gasteiger partial charge in [-0.2, -0.15) is 9.61 Å². The largest absolute Gasteiger partial charge is 0.192 e. The number of aryl methyl sites for hydroxylation is 4. The van der Waals surface area contributed by atoms with Gasteiger partial charge in [0.2, 0.25) is 0 Å². The monoisotopic (exact) mass is 418 g/mol. The van der Waals surface area contributed by atoms with E-state index < -0.39 is 0 Å². The van der Waals surface area contributed by atoms with Crippen LogP contribution in [0.4, 0.5) is 0 Å². The Morgan fingerprint density at radius 2 is 1.63 bits per heavy atom. The van der Waals surface area contributed by atoms with Gasteiger partial charge in [0.05, 0.1) is 5.69 Å². The standard InChI is InChI=1S/C22H19BrN4/c1-13-10-16-4-3-5-17-12-20-24-25-22(15-6-8-18(23)9-7-15)27(20)26-21(17)19(16)11-14(13)2/h6-12H,3-5H2,1-2H3. The van der Waals surface area contributed by atoms with Crippen molar-refractivity contribution in [1.29, 1.82) is 0 Å². The summed E-state index contributed by atoms with van der Waals surface area (Å²) in [5.41, 5.74) is 9.44. The van der Waals surface area contributed by atoms with Gasteiger partial charge in [0.15, 0.2) is 11.5 Å². The molecule has 0 amide bonds. The minimum Gasteiger partial charge on any atom is -0.192 e. The van der Waals surface area contributed by atoms with Gasteiger partial charge >= 0.3 is 0 Å². The van der Waals surface area contributed by atoms with Crippen LogP contribution in [0, 0.1) is 13.8 Å². The summed E-state index contributed by atoms with van der Waals surface area (Å²) >= 11 is 3.49. The molecule has 0 fully saturated rings. The number of fused-ring (bicyclic) bond motifs is 4. The summed E-state index contributed by atoms with van der Waals surface area (Å²) in [5, 5.41) is 13.8. The Labute approximate surface area is 166 Å². The summed E-state index contributed by atoms with van der Waals surface area (Å²) in [4.78, 5) is 0. The molecular weight excluding hydrogens is 400 g/mol. The van der Waals surface area contributed by atoms with Crippen LogP contribution in [-0.4, -0.2) is 19.8 Å². The van der Waals surface area contributed by atoms with Crippen molar-refractivity contribution in [3.63, 3.8) is 0 Å². The SMILES string of the molecule is Cc1cc2c(cc1C)-c1nn3c(-c4ccc(Br)cc4)nnc3cc1CCC2. The molecule has 0 unspecified atom stereocenters. The quantitative estimate of drug-likeness (QED) is 0.419. The molecule has 4 aromatic rings. The fourth-order valence-electron chi connectivity index (χ4n) is 3.84. The molecule has 1 aliphatic carbocycles. The maximum absolute atomic E-state index is 5.03. The molecule has 134 valence electrons. The minimum absolute atomic E-state index is 0.773. The van der Waals surface area contributed by atoms with Gasteiger partial charge in [-0.15, -0.1) is 10.2 Å². The van der Waals surface area contributed by atoms with Crippen molar-refractivity contribution in [2.24, 2.45) is 0 Å². The second-order valence-electron chi connectivity index (χ2n) is 7.27. The molecular formula is C22H19BrN4. The first-order valence-electron chi connectivity index (χ1n) is 9.22. The lowest BCUT2D eigenvalue weighted by Crippen LogP contribution is -2.02. The highest BCUT2D eigenvalue weighted by Crippen LogP contribution is 2.34. The molecule has 0 saturated heterocycles. The highest BCUT2D eigenvalue weighted by Gasteiger charge is 2.20. The first kappa shape index (κ1) is 16.6. The molecule has 2 aromatic heterocycles. The van der Waals surface area contributed by atoms with Crippen molar-refractivity contribution in [3.8, 4) is 22.6 Å². The number of hydrogen-bond donors (Lipinski definition) is 0. The van der Waals surface area contributed by atoms with E-state index in [1.165, 1.54) is 27.8 Å². The highest BCUT2D eigenvalue weighted by molar-refractivity contribution is 9.10. The third-order valence-electron chi connectivity index (χ3n) is 5.44. The van der Waals surface area contributed by atoms with Crippen molar-refractivity contribution in [2.75, 3.05) is 0 Å². The Morgan fingerprint density at radius 3 is 2.44 bits per heavy atom. The smallest absolute Gasteiger partial charge is 0.185 e. The van der Waals surface area contributed by atoms with Crippen molar-refractivity contribution in [3.05, 3.63) is 69.2 Å². The molecule has 0 atom stereocenters. The number of rotatable bonds is 1. The molecule has 0 N–H and O–H groups in total. The summed E-state index contributed by atoms with van der Waals surface area (Å²) in [6, 6.07) is 14.9.